The molecule has 0 unspecified atom stereocenters. The molecule has 4 rings (SSSR count). The molecule has 0 amide bonds. The maximum atomic E-state index is 12.5. The number of aliphatic hydroxyl groups is 1. The Kier molecular flexibility index (Phi) is 5.49. The van der Waals surface area contributed by atoms with Crippen molar-refractivity contribution in [1.29, 1.82) is 0 Å². The number of nitrogens with zero attached hydrogens (tertiary/aromatic N) is 2. The van der Waals surface area contributed by atoms with Gasteiger partial charge < -0.3 is 14.4 Å². The normalized spacial score (nSPS) is 15.3. The highest BCUT2D eigenvalue weighted by molar-refractivity contribution is 7.93. The molecule has 31 heavy (non-hydrogen) atoms. The molecule has 0 aliphatic carbocycles. The van der Waals surface area contributed by atoms with Gasteiger partial charge in [-0.05, 0) is 61.9 Å². The topological polar surface area (TPSA) is 71.8 Å². The Morgan fingerprint density at radius 2 is 1.87 bits per heavy atom. The maximum Gasteiger partial charge on any atom is 0.235 e. The van der Waals surface area contributed by atoms with Crippen LogP contribution in [0.4, 0.5) is 5.69 Å². The predicted octanol–water partition coefficient (Wildman–Crippen LogP) is 5.18. The van der Waals surface area contributed by atoms with Crippen LogP contribution in [0.5, 0.6) is 5.75 Å². The largest absolute Gasteiger partial charge is 0.508 e. The number of aromatic nitrogens is 1. The molecule has 0 saturated carbocycles. The first-order chi connectivity index (χ1) is 14.7. The molecule has 1 aliphatic heterocycles. The van der Waals surface area contributed by atoms with Gasteiger partial charge in [0.2, 0.25) is 10.0 Å². The summed E-state index contributed by atoms with van der Waals surface area (Å²) in [7, 11) is -1.78. The van der Waals surface area contributed by atoms with Gasteiger partial charge >= 0.3 is 0 Å². The third kappa shape index (κ3) is 3.91. The number of aliphatic hydroxyl groups excluding tert-OH is 1. The van der Waals surface area contributed by atoms with E-state index >= 15 is 0 Å². The van der Waals surface area contributed by atoms with Gasteiger partial charge in [0.1, 0.15) is 11.5 Å². The van der Waals surface area contributed by atoms with Crippen LogP contribution in [0.15, 0.2) is 55.1 Å². The molecular weight excluding hydrogens is 436 g/mol. The molecule has 1 N–H and O–H groups in total. The van der Waals surface area contributed by atoms with Gasteiger partial charge in [-0.2, -0.15) is 0 Å². The highest BCUT2D eigenvalue weighted by Gasteiger charge is 2.29. The van der Waals surface area contributed by atoms with Crippen LogP contribution < -0.4 is 9.04 Å². The van der Waals surface area contributed by atoms with Crippen LogP contribution in [0.25, 0.3) is 22.7 Å². The van der Waals surface area contributed by atoms with E-state index in [0.717, 1.165) is 17.0 Å². The Labute approximate surface area is 187 Å². The third-order valence-corrected chi connectivity index (χ3v) is 7.50. The monoisotopic (exact) mass is 458 g/mol. The highest BCUT2D eigenvalue weighted by Crippen LogP contribution is 2.37. The second kappa shape index (κ2) is 7.98. The number of benzene rings is 2. The summed E-state index contributed by atoms with van der Waals surface area (Å²) in [5.41, 5.74) is 4.20. The fraction of sp³-hybridized carbons (Fsp3) is 0.217. The summed E-state index contributed by atoms with van der Waals surface area (Å²) in [5.74, 6) is 0.639. The van der Waals surface area contributed by atoms with Crippen molar-refractivity contribution in [3.63, 3.8) is 0 Å². The lowest BCUT2D eigenvalue weighted by molar-refractivity contribution is 0.416. The summed E-state index contributed by atoms with van der Waals surface area (Å²) in [6, 6.07) is 14.5. The summed E-state index contributed by atoms with van der Waals surface area (Å²) >= 11 is 6.26. The number of hydrogen-bond donors (Lipinski definition) is 1. The van der Waals surface area contributed by atoms with E-state index in [-0.39, 0.29) is 11.5 Å². The van der Waals surface area contributed by atoms with Crippen LogP contribution in [0.1, 0.15) is 17.7 Å². The fourth-order valence-corrected chi connectivity index (χ4v) is 5.66. The predicted molar refractivity (Wildman–Crippen MR) is 125 cm³/mol. The van der Waals surface area contributed by atoms with Crippen LogP contribution in [-0.2, 0) is 10.0 Å². The molecule has 2 aromatic carbocycles. The van der Waals surface area contributed by atoms with Gasteiger partial charge in [0, 0.05) is 34.1 Å². The van der Waals surface area contributed by atoms with Crippen molar-refractivity contribution in [1.82, 2.24) is 4.57 Å². The number of sulfonamides is 1. The lowest BCUT2D eigenvalue weighted by Crippen LogP contribution is -2.25. The smallest absolute Gasteiger partial charge is 0.235 e. The van der Waals surface area contributed by atoms with Gasteiger partial charge in [-0.1, -0.05) is 18.2 Å². The second-order valence-electron chi connectivity index (χ2n) is 7.47. The van der Waals surface area contributed by atoms with Crippen molar-refractivity contribution in [3.8, 4) is 22.7 Å². The molecule has 3 aromatic rings. The van der Waals surface area contributed by atoms with Gasteiger partial charge in [-0.15, -0.1) is 0 Å². The zero-order chi connectivity index (χ0) is 22.3. The molecule has 0 atom stereocenters. The van der Waals surface area contributed by atoms with E-state index in [1.54, 1.807) is 31.4 Å². The van der Waals surface area contributed by atoms with Gasteiger partial charge in [0.05, 0.1) is 24.2 Å². The van der Waals surface area contributed by atoms with Gasteiger partial charge in [0.15, 0.2) is 0 Å². The first-order valence-electron chi connectivity index (χ1n) is 9.77. The van der Waals surface area contributed by atoms with Crippen molar-refractivity contribution >= 4 is 33.1 Å². The standard InChI is InChI=1S/C23H23ClN2O4S/c1-15-5-7-22(21-13-18(24)6-8-23(21)30-3)26(15)20-12-17(16(2)27)11-19(14-20)25-9-4-10-31(25,28)29/h5-8,11-14,27H,2,4,9-10H2,1,3H3. The van der Waals surface area contributed by atoms with E-state index in [0.29, 0.717) is 40.7 Å². The SMILES string of the molecule is C=C(O)c1cc(N2CCCS2(=O)=O)cc(-n2c(C)ccc2-c2cc(Cl)ccc2OC)c1. The first-order valence-corrected chi connectivity index (χ1v) is 11.8. The average Bonchev–Trinajstić information content (AvgIpc) is 3.29. The summed E-state index contributed by atoms with van der Waals surface area (Å²) in [6.07, 6.45) is 0.565. The number of hydrogen-bond acceptors (Lipinski definition) is 4. The van der Waals surface area contributed by atoms with E-state index in [4.69, 9.17) is 16.3 Å². The number of rotatable bonds is 5. The molecule has 0 radical (unpaired) electrons. The van der Waals surface area contributed by atoms with Crippen LogP contribution in [0.3, 0.4) is 0 Å². The highest BCUT2D eigenvalue weighted by atomic mass is 35.5. The summed E-state index contributed by atoms with van der Waals surface area (Å²) in [5, 5.41) is 10.7. The fourth-order valence-electron chi connectivity index (χ4n) is 3.94. The minimum atomic E-state index is -3.38. The molecule has 1 aliphatic rings. The zero-order valence-electron chi connectivity index (χ0n) is 17.3. The average molecular weight is 459 g/mol. The molecule has 2 heterocycles. The van der Waals surface area contributed by atoms with Crippen molar-refractivity contribution in [3.05, 3.63) is 71.4 Å². The second-order valence-corrected chi connectivity index (χ2v) is 9.92. The number of ether oxygens (including phenoxy) is 1. The summed E-state index contributed by atoms with van der Waals surface area (Å²) in [6.45, 7) is 5.99. The van der Waals surface area contributed by atoms with Crippen LogP contribution in [0.2, 0.25) is 5.02 Å². The zero-order valence-corrected chi connectivity index (χ0v) is 18.9. The molecule has 1 aromatic heterocycles. The molecule has 0 bridgehead atoms. The molecule has 162 valence electrons. The minimum absolute atomic E-state index is 0.111. The summed E-state index contributed by atoms with van der Waals surface area (Å²) < 4.78 is 33.9. The minimum Gasteiger partial charge on any atom is -0.508 e. The Morgan fingerprint density at radius 3 is 2.52 bits per heavy atom. The number of halogens is 1. The Morgan fingerprint density at radius 1 is 1.13 bits per heavy atom. The quantitative estimate of drug-likeness (QED) is 0.534. The van der Waals surface area contributed by atoms with E-state index in [9.17, 15) is 13.5 Å². The van der Waals surface area contributed by atoms with E-state index < -0.39 is 10.0 Å². The molecule has 1 saturated heterocycles. The third-order valence-electron chi connectivity index (χ3n) is 5.39. The van der Waals surface area contributed by atoms with Crippen molar-refractivity contribution in [2.45, 2.75) is 13.3 Å². The van der Waals surface area contributed by atoms with Gasteiger partial charge in [-0.25, -0.2) is 8.42 Å². The lowest BCUT2D eigenvalue weighted by atomic mass is 10.1. The Balaban J connectivity index is 1.95. The molecule has 8 heteroatoms. The van der Waals surface area contributed by atoms with E-state index in [1.165, 1.54) is 4.31 Å². The van der Waals surface area contributed by atoms with E-state index in [1.807, 2.05) is 35.8 Å². The van der Waals surface area contributed by atoms with Gasteiger partial charge in [-0.3, -0.25) is 4.31 Å². The molecular formula is C23H23ClN2O4S. The van der Waals surface area contributed by atoms with Crippen LogP contribution in [0, 0.1) is 6.92 Å². The Hall–Kier alpha value is -2.90. The molecule has 6 nitrogen and oxygen atoms in total. The number of aryl methyl sites for hydroxylation is 1. The number of anilines is 1. The Bertz CT molecular complexity index is 1280. The van der Waals surface area contributed by atoms with Gasteiger partial charge in [0.25, 0.3) is 0 Å². The number of methoxy groups -OCH3 is 1. The lowest BCUT2D eigenvalue weighted by Gasteiger charge is -2.21. The first kappa shape index (κ1) is 21.3. The van der Waals surface area contributed by atoms with Crippen LogP contribution in [-0.4, -0.2) is 37.5 Å². The van der Waals surface area contributed by atoms with Crippen LogP contribution >= 0.6 is 11.6 Å². The summed E-state index contributed by atoms with van der Waals surface area (Å²) in [4.78, 5) is 0. The van der Waals surface area contributed by atoms with E-state index in [2.05, 4.69) is 6.58 Å². The van der Waals surface area contributed by atoms with Crippen molar-refractivity contribution in [2.75, 3.05) is 23.7 Å². The molecule has 1 fully saturated rings. The van der Waals surface area contributed by atoms with Crippen molar-refractivity contribution in [2.24, 2.45) is 0 Å². The maximum absolute atomic E-state index is 12.5. The van der Waals surface area contributed by atoms with Crippen molar-refractivity contribution < 1.29 is 18.3 Å². The molecule has 0 spiro atoms.